The molecule has 0 aromatic carbocycles. The van der Waals surface area contributed by atoms with Crippen LogP contribution >= 0.6 is 15.6 Å². The van der Waals surface area contributed by atoms with Gasteiger partial charge in [-0.2, -0.15) is 0 Å². The third-order valence-corrected chi connectivity index (χ3v) is 20.1. The number of aliphatic hydroxyl groups is 1. The molecule has 0 heterocycles. The van der Waals surface area contributed by atoms with E-state index in [-0.39, 0.29) is 25.7 Å². The van der Waals surface area contributed by atoms with Crippen LogP contribution in [0.1, 0.15) is 389 Å². The Morgan fingerprint density at radius 2 is 0.500 bits per heavy atom. The van der Waals surface area contributed by atoms with Crippen LogP contribution in [0, 0.1) is 23.7 Å². The van der Waals surface area contributed by atoms with E-state index >= 15 is 0 Å². The number of hydrogen-bond acceptors (Lipinski definition) is 15. The van der Waals surface area contributed by atoms with Gasteiger partial charge in [-0.3, -0.25) is 37.3 Å². The molecule has 17 nitrogen and oxygen atoms in total. The maximum absolute atomic E-state index is 13.1. The van der Waals surface area contributed by atoms with Crippen molar-refractivity contribution in [3.05, 3.63) is 0 Å². The number of phosphoric ester groups is 2. The molecule has 0 aromatic rings. The Morgan fingerprint density at radius 3 is 0.740 bits per heavy atom. The van der Waals surface area contributed by atoms with Crippen molar-refractivity contribution >= 4 is 39.5 Å². The van der Waals surface area contributed by atoms with Crippen LogP contribution in [0.25, 0.3) is 0 Å². The topological polar surface area (TPSA) is 237 Å². The zero-order valence-corrected chi connectivity index (χ0v) is 64.8. The van der Waals surface area contributed by atoms with Gasteiger partial charge in [0.15, 0.2) is 12.2 Å². The summed E-state index contributed by atoms with van der Waals surface area (Å²) in [5.74, 6) is 0.943. The molecule has 0 aliphatic rings. The van der Waals surface area contributed by atoms with E-state index < -0.39 is 97.5 Å². The van der Waals surface area contributed by atoms with E-state index in [1.54, 1.807) is 0 Å². The molecule has 6 atom stereocenters. The van der Waals surface area contributed by atoms with E-state index in [0.717, 1.165) is 114 Å². The number of carbonyl (C=O) groups excluding carboxylic acids is 4. The van der Waals surface area contributed by atoms with Crippen LogP contribution in [0.2, 0.25) is 0 Å². The van der Waals surface area contributed by atoms with E-state index in [4.69, 9.17) is 37.0 Å². The van der Waals surface area contributed by atoms with Gasteiger partial charge in [0.25, 0.3) is 0 Å². The number of aliphatic hydroxyl groups excluding tert-OH is 1. The van der Waals surface area contributed by atoms with Crippen LogP contribution in [0.15, 0.2) is 0 Å². The molecule has 0 bridgehead atoms. The third-order valence-electron chi connectivity index (χ3n) is 18.2. The van der Waals surface area contributed by atoms with Gasteiger partial charge in [0.1, 0.15) is 19.3 Å². The Balaban J connectivity index is 5.22. The van der Waals surface area contributed by atoms with Crippen molar-refractivity contribution in [3.8, 4) is 0 Å². The average molecular weight is 1410 g/mol. The molecule has 0 saturated carbocycles. The lowest BCUT2D eigenvalue weighted by atomic mass is 9.99. The highest BCUT2D eigenvalue weighted by atomic mass is 31.2. The molecule has 3 N–H and O–H groups in total. The predicted octanol–water partition coefficient (Wildman–Crippen LogP) is 22.4. The summed E-state index contributed by atoms with van der Waals surface area (Å²) in [6, 6.07) is 0. The van der Waals surface area contributed by atoms with Crippen LogP contribution in [0.3, 0.4) is 0 Å². The van der Waals surface area contributed by atoms with Crippen LogP contribution in [0.4, 0.5) is 0 Å². The van der Waals surface area contributed by atoms with Crippen molar-refractivity contribution in [3.63, 3.8) is 0 Å². The number of hydrogen-bond donors (Lipinski definition) is 3. The van der Waals surface area contributed by atoms with Gasteiger partial charge in [-0.1, -0.05) is 338 Å². The van der Waals surface area contributed by atoms with E-state index in [1.807, 2.05) is 0 Å². The second kappa shape index (κ2) is 66.3. The van der Waals surface area contributed by atoms with Crippen molar-refractivity contribution < 1.29 is 80.2 Å². The second-order valence-corrected chi connectivity index (χ2v) is 32.3. The fourth-order valence-corrected chi connectivity index (χ4v) is 13.3. The summed E-state index contributed by atoms with van der Waals surface area (Å²) < 4.78 is 68.5. The highest BCUT2D eigenvalue weighted by molar-refractivity contribution is 7.47. The Hall–Kier alpha value is -1.94. The molecule has 0 radical (unpaired) electrons. The Kier molecular flexibility index (Phi) is 65.0. The molecule has 0 amide bonds. The summed E-state index contributed by atoms with van der Waals surface area (Å²) in [4.78, 5) is 72.8. The summed E-state index contributed by atoms with van der Waals surface area (Å²) in [6.45, 7) is 14.2. The van der Waals surface area contributed by atoms with Gasteiger partial charge < -0.3 is 33.8 Å². The maximum atomic E-state index is 13.1. The third kappa shape index (κ3) is 69.2. The van der Waals surface area contributed by atoms with Crippen molar-refractivity contribution in [1.82, 2.24) is 0 Å². The maximum Gasteiger partial charge on any atom is 0.472 e. The molecule has 0 aliphatic carbocycles. The zero-order valence-electron chi connectivity index (χ0n) is 63.0. The minimum atomic E-state index is -4.96. The van der Waals surface area contributed by atoms with Gasteiger partial charge in [-0.05, 0) is 49.4 Å². The summed E-state index contributed by atoms with van der Waals surface area (Å²) in [7, 11) is -9.91. The molecule has 96 heavy (non-hydrogen) atoms. The van der Waals surface area contributed by atoms with Gasteiger partial charge in [0.05, 0.1) is 26.4 Å². The first-order valence-electron chi connectivity index (χ1n) is 39.7. The highest BCUT2D eigenvalue weighted by Gasteiger charge is 2.30. The SMILES string of the molecule is CCC(C)CCCCCCCCCCCCCCCCC(=O)O[C@H](COC(=O)CCCCCCCCC(C)C)COP(=O)(O)OC[C@H](O)COP(=O)(O)OC[C@@H](COC(=O)CCCCCCCCCCCC(C)C)OC(=O)CCCCCCCCCCCCCCCCC(C)C. The number of rotatable bonds is 74. The molecule has 0 aliphatic heterocycles. The van der Waals surface area contributed by atoms with Gasteiger partial charge in [0.2, 0.25) is 0 Å². The summed E-state index contributed by atoms with van der Waals surface area (Å²) in [5.41, 5.74) is 0. The van der Waals surface area contributed by atoms with Crippen LogP contribution in [-0.2, 0) is 65.4 Å². The predicted molar refractivity (Wildman–Crippen MR) is 391 cm³/mol. The fraction of sp³-hybridized carbons (Fsp3) is 0.948. The Labute approximate surface area is 588 Å². The first-order chi connectivity index (χ1) is 46.1. The quantitative estimate of drug-likeness (QED) is 0.0222. The van der Waals surface area contributed by atoms with E-state index in [2.05, 4.69) is 55.4 Å². The van der Waals surface area contributed by atoms with Crippen molar-refractivity contribution in [2.45, 2.75) is 408 Å². The molecule has 19 heteroatoms. The molecule has 570 valence electrons. The standard InChI is InChI=1S/C77H150O17P2/c1-9-70(8)56-48-40-31-25-19-15-11-13-17-21-27-34-44-52-60-77(82)94-73(64-88-75(80)58-50-42-36-35-39-47-55-69(6)7)66-92-96(85,86)90-62-71(78)61-89-95(83,84)91-65-72(63-87-74(79)57-49-41-32-28-22-24-30-38-46-54-68(4)5)93-76(81)59-51-43-33-26-20-16-12-10-14-18-23-29-37-45-53-67(2)3/h67-73,78H,9-66H2,1-8H3,(H,83,84)(H,85,86)/t70?,71-,72-,73-/m1/s1. The van der Waals surface area contributed by atoms with Gasteiger partial charge >= 0.3 is 39.5 Å². The molecular weight excluding hydrogens is 1260 g/mol. The van der Waals surface area contributed by atoms with Crippen LogP contribution < -0.4 is 0 Å². The molecular formula is C77H150O17P2. The van der Waals surface area contributed by atoms with Crippen molar-refractivity contribution in [2.75, 3.05) is 39.6 Å². The minimum absolute atomic E-state index is 0.106. The molecule has 3 unspecified atom stereocenters. The first-order valence-corrected chi connectivity index (χ1v) is 42.7. The number of unbranched alkanes of at least 4 members (excludes halogenated alkanes) is 39. The molecule has 0 aromatic heterocycles. The number of esters is 4. The van der Waals surface area contributed by atoms with Gasteiger partial charge in [-0.15, -0.1) is 0 Å². The Morgan fingerprint density at radius 1 is 0.292 bits per heavy atom. The minimum Gasteiger partial charge on any atom is -0.462 e. The average Bonchev–Trinajstić information content (AvgIpc) is 1.18. The Bertz CT molecular complexity index is 1890. The van der Waals surface area contributed by atoms with Crippen LogP contribution in [-0.4, -0.2) is 96.7 Å². The van der Waals surface area contributed by atoms with Gasteiger partial charge in [-0.25, -0.2) is 9.13 Å². The highest BCUT2D eigenvalue weighted by Crippen LogP contribution is 2.45. The molecule has 0 saturated heterocycles. The monoisotopic (exact) mass is 1410 g/mol. The summed E-state index contributed by atoms with van der Waals surface area (Å²) in [5, 5.41) is 10.6. The molecule has 0 spiro atoms. The van der Waals surface area contributed by atoms with Gasteiger partial charge in [0, 0.05) is 25.7 Å². The number of phosphoric acid groups is 2. The lowest BCUT2D eigenvalue weighted by Gasteiger charge is -2.21. The number of ether oxygens (including phenoxy) is 4. The normalized spacial score (nSPS) is 14.4. The van der Waals surface area contributed by atoms with E-state index in [0.29, 0.717) is 31.6 Å². The smallest absolute Gasteiger partial charge is 0.462 e. The van der Waals surface area contributed by atoms with E-state index in [9.17, 15) is 43.2 Å². The summed E-state index contributed by atoms with van der Waals surface area (Å²) in [6.07, 6.45) is 51.4. The fourth-order valence-electron chi connectivity index (χ4n) is 11.7. The van der Waals surface area contributed by atoms with Crippen molar-refractivity contribution in [2.24, 2.45) is 23.7 Å². The lowest BCUT2D eigenvalue weighted by molar-refractivity contribution is -0.161. The second-order valence-electron chi connectivity index (χ2n) is 29.4. The first kappa shape index (κ1) is 94.1. The largest absolute Gasteiger partial charge is 0.472 e. The molecule has 0 rings (SSSR count). The van der Waals surface area contributed by atoms with E-state index in [1.165, 1.54) is 186 Å². The molecule has 0 fully saturated rings. The number of carbonyl (C=O) groups is 4. The summed E-state index contributed by atoms with van der Waals surface area (Å²) >= 11 is 0. The van der Waals surface area contributed by atoms with Crippen molar-refractivity contribution in [1.29, 1.82) is 0 Å². The van der Waals surface area contributed by atoms with Crippen LogP contribution in [0.5, 0.6) is 0 Å². The lowest BCUT2D eigenvalue weighted by Crippen LogP contribution is -2.30. The zero-order chi connectivity index (χ0) is 71.0.